The van der Waals surface area contributed by atoms with Gasteiger partial charge in [-0.3, -0.25) is 4.79 Å². The van der Waals surface area contributed by atoms with E-state index in [1.165, 1.54) is 15.3 Å². The number of nitrogens with two attached hydrogens (primary N) is 1. The molecule has 0 radical (unpaired) electrons. The lowest BCUT2D eigenvalue weighted by molar-refractivity contribution is -0.123. The Balaban J connectivity index is 2.11. The number of hydrogen-bond acceptors (Lipinski definition) is 3. The van der Waals surface area contributed by atoms with Crippen LogP contribution in [0.4, 0.5) is 0 Å². The SMILES string of the molecule is Cc1cc(C(C)NC(=O)C(CN)c2ccccc2)c(C)s1. The van der Waals surface area contributed by atoms with Crippen LogP contribution in [0.5, 0.6) is 0 Å². The normalized spacial score (nSPS) is 13.7. The monoisotopic (exact) mass is 302 g/mol. The second-order valence-electron chi connectivity index (χ2n) is 5.30. The number of thiophene rings is 1. The second kappa shape index (κ2) is 6.87. The fourth-order valence-electron chi connectivity index (χ4n) is 2.55. The molecule has 112 valence electrons. The summed E-state index contributed by atoms with van der Waals surface area (Å²) in [7, 11) is 0. The van der Waals surface area contributed by atoms with Crippen molar-refractivity contribution >= 4 is 17.2 Å². The lowest BCUT2D eigenvalue weighted by atomic mass is 9.97. The smallest absolute Gasteiger partial charge is 0.229 e. The van der Waals surface area contributed by atoms with Crippen molar-refractivity contribution in [1.82, 2.24) is 5.32 Å². The van der Waals surface area contributed by atoms with Gasteiger partial charge in [0, 0.05) is 16.3 Å². The molecule has 0 saturated heterocycles. The van der Waals surface area contributed by atoms with Gasteiger partial charge in [0.25, 0.3) is 0 Å². The van der Waals surface area contributed by atoms with Crippen LogP contribution in [-0.2, 0) is 4.79 Å². The van der Waals surface area contributed by atoms with Crippen LogP contribution in [0, 0.1) is 13.8 Å². The minimum atomic E-state index is -0.298. The summed E-state index contributed by atoms with van der Waals surface area (Å²) in [5.74, 6) is -0.312. The van der Waals surface area contributed by atoms with Gasteiger partial charge in [-0.1, -0.05) is 30.3 Å². The van der Waals surface area contributed by atoms with E-state index >= 15 is 0 Å². The number of hydrogen-bond donors (Lipinski definition) is 2. The van der Waals surface area contributed by atoms with Crippen molar-refractivity contribution in [3.63, 3.8) is 0 Å². The maximum Gasteiger partial charge on any atom is 0.229 e. The highest BCUT2D eigenvalue weighted by Gasteiger charge is 2.21. The van der Waals surface area contributed by atoms with Crippen LogP contribution in [-0.4, -0.2) is 12.5 Å². The Kier molecular flexibility index (Phi) is 5.15. The Bertz CT molecular complexity index is 607. The van der Waals surface area contributed by atoms with Crippen molar-refractivity contribution in [2.75, 3.05) is 6.54 Å². The van der Waals surface area contributed by atoms with E-state index in [0.29, 0.717) is 6.54 Å². The summed E-state index contributed by atoms with van der Waals surface area (Å²) in [6.07, 6.45) is 0. The summed E-state index contributed by atoms with van der Waals surface area (Å²) in [4.78, 5) is 15.0. The lowest BCUT2D eigenvalue weighted by Crippen LogP contribution is -2.35. The number of benzene rings is 1. The van der Waals surface area contributed by atoms with E-state index in [-0.39, 0.29) is 17.9 Å². The summed E-state index contributed by atoms with van der Waals surface area (Å²) >= 11 is 1.76. The molecule has 1 heterocycles. The molecule has 1 aromatic carbocycles. The first kappa shape index (κ1) is 15.7. The molecule has 0 spiro atoms. The van der Waals surface area contributed by atoms with Crippen LogP contribution in [0.2, 0.25) is 0 Å². The molecule has 3 nitrogen and oxygen atoms in total. The van der Waals surface area contributed by atoms with Gasteiger partial charge in [0.2, 0.25) is 5.91 Å². The molecule has 2 unspecified atom stereocenters. The molecule has 1 amide bonds. The first-order valence-corrected chi connectivity index (χ1v) is 7.97. The van der Waals surface area contributed by atoms with E-state index in [4.69, 9.17) is 5.73 Å². The summed E-state index contributed by atoms with van der Waals surface area (Å²) < 4.78 is 0. The highest BCUT2D eigenvalue weighted by atomic mass is 32.1. The third-order valence-corrected chi connectivity index (χ3v) is 4.64. The zero-order valence-corrected chi connectivity index (χ0v) is 13.5. The zero-order chi connectivity index (χ0) is 15.4. The largest absolute Gasteiger partial charge is 0.349 e. The molecule has 1 aromatic heterocycles. The Morgan fingerprint density at radius 3 is 2.48 bits per heavy atom. The lowest BCUT2D eigenvalue weighted by Gasteiger charge is -2.19. The Morgan fingerprint density at radius 2 is 1.95 bits per heavy atom. The quantitative estimate of drug-likeness (QED) is 0.890. The first-order valence-electron chi connectivity index (χ1n) is 7.15. The molecule has 4 heteroatoms. The summed E-state index contributed by atoms with van der Waals surface area (Å²) in [5, 5.41) is 3.09. The van der Waals surface area contributed by atoms with Gasteiger partial charge in [0.15, 0.2) is 0 Å². The minimum Gasteiger partial charge on any atom is -0.349 e. The van der Waals surface area contributed by atoms with Crippen molar-refractivity contribution in [3.8, 4) is 0 Å². The van der Waals surface area contributed by atoms with Crippen LogP contribution < -0.4 is 11.1 Å². The fraction of sp³-hybridized carbons (Fsp3) is 0.353. The van der Waals surface area contributed by atoms with Gasteiger partial charge < -0.3 is 11.1 Å². The van der Waals surface area contributed by atoms with Gasteiger partial charge in [-0.25, -0.2) is 0 Å². The predicted octanol–water partition coefficient (Wildman–Crippen LogP) is 3.28. The molecule has 0 bridgehead atoms. The van der Waals surface area contributed by atoms with Crippen molar-refractivity contribution in [2.24, 2.45) is 5.73 Å². The number of nitrogens with one attached hydrogen (secondary N) is 1. The Hall–Kier alpha value is -1.65. The van der Waals surface area contributed by atoms with Crippen LogP contribution in [0.15, 0.2) is 36.4 Å². The van der Waals surface area contributed by atoms with Gasteiger partial charge in [-0.05, 0) is 38.0 Å². The van der Waals surface area contributed by atoms with Crippen molar-refractivity contribution in [1.29, 1.82) is 0 Å². The number of amides is 1. The molecular formula is C17H22N2OS. The van der Waals surface area contributed by atoms with E-state index in [1.807, 2.05) is 37.3 Å². The Labute approximate surface area is 130 Å². The third-order valence-electron chi connectivity index (χ3n) is 3.66. The number of carbonyl (C=O) groups is 1. The fourth-order valence-corrected chi connectivity index (χ4v) is 3.57. The summed E-state index contributed by atoms with van der Waals surface area (Å²) in [6.45, 7) is 6.50. The van der Waals surface area contributed by atoms with E-state index in [0.717, 1.165) is 5.56 Å². The summed E-state index contributed by atoms with van der Waals surface area (Å²) in [6, 6.07) is 11.8. The highest BCUT2D eigenvalue weighted by molar-refractivity contribution is 7.12. The molecule has 0 saturated carbocycles. The first-order chi connectivity index (χ1) is 10.0. The van der Waals surface area contributed by atoms with E-state index in [2.05, 4.69) is 25.2 Å². The molecule has 0 aliphatic carbocycles. The molecule has 0 aliphatic heterocycles. The molecule has 2 rings (SSSR count). The van der Waals surface area contributed by atoms with E-state index < -0.39 is 0 Å². The number of carbonyl (C=O) groups excluding carboxylic acids is 1. The highest BCUT2D eigenvalue weighted by Crippen LogP contribution is 2.26. The van der Waals surface area contributed by atoms with Crippen molar-refractivity contribution in [3.05, 3.63) is 57.3 Å². The topological polar surface area (TPSA) is 55.1 Å². The van der Waals surface area contributed by atoms with Gasteiger partial charge in [-0.2, -0.15) is 0 Å². The molecular weight excluding hydrogens is 280 g/mol. The summed E-state index contributed by atoms with van der Waals surface area (Å²) in [5.41, 5.74) is 7.95. The molecule has 2 atom stereocenters. The second-order valence-corrected chi connectivity index (χ2v) is 6.76. The average Bonchev–Trinajstić information content (AvgIpc) is 2.80. The van der Waals surface area contributed by atoms with Crippen molar-refractivity contribution in [2.45, 2.75) is 32.7 Å². The maximum absolute atomic E-state index is 12.5. The molecule has 0 fully saturated rings. The number of rotatable bonds is 5. The van der Waals surface area contributed by atoms with Crippen LogP contribution >= 0.6 is 11.3 Å². The van der Waals surface area contributed by atoms with Gasteiger partial charge >= 0.3 is 0 Å². The van der Waals surface area contributed by atoms with Crippen molar-refractivity contribution < 1.29 is 4.79 Å². The van der Waals surface area contributed by atoms with Crippen LogP contribution in [0.25, 0.3) is 0 Å². The predicted molar refractivity (Wildman–Crippen MR) is 88.6 cm³/mol. The van der Waals surface area contributed by atoms with Gasteiger partial charge in [-0.15, -0.1) is 11.3 Å². The average molecular weight is 302 g/mol. The van der Waals surface area contributed by atoms with Gasteiger partial charge in [0.1, 0.15) is 0 Å². The van der Waals surface area contributed by atoms with E-state index in [9.17, 15) is 4.79 Å². The molecule has 0 aliphatic rings. The molecule has 3 N–H and O–H groups in total. The van der Waals surface area contributed by atoms with Crippen LogP contribution in [0.3, 0.4) is 0 Å². The van der Waals surface area contributed by atoms with E-state index in [1.54, 1.807) is 11.3 Å². The minimum absolute atomic E-state index is 0.000197. The zero-order valence-electron chi connectivity index (χ0n) is 12.7. The molecule has 2 aromatic rings. The van der Waals surface area contributed by atoms with Crippen LogP contribution in [0.1, 0.15) is 39.8 Å². The Morgan fingerprint density at radius 1 is 1.29 bits per heavy atom. The maximum atomic E-state index is 12.5. The number of aryl methyl sites for hydroxylation is 2. The third kappa shape index (κ3) is 3.71. The molecule has 21 heavy (non-hydrogen) atoms. The van der Waals surface area contributed by atoms with Gasteiger partial charge in [0.05, 0.1) is 12.0 Å². The standard InChI is InChI=1S/C17H22N2OS/c1-11-9-15(13(3)21-11)12(2)19-17(20)16(10-18)14-7-5-4-6-8-14/h4-9,12,16H,10,18H2,1-3H3,(H,19,20).